The molecule has 0 aliphatic rings. The molecule has 0 fully saturated rings. The van der Waals surface area contributed by atoms with Crippen molar-refractivity contribution >= 4 is 22.5 Å². The van der Waals surface area contributed by atoms with Crippen LogP contribution in [0.3, 0.4) is 0 Å². The first-order chi connectivity index (χ1) is 10.5. The lowest BCUT2D eigenvalue weighted by Crippen LogP contribution is -2.15. The topological polar surface area (TPSA) is 44.9 Å². The second-order valence-electron chi connectivity index (χ2n) is 5.88. The molecule has 0 aliphatic carbocycles. The number of benzene rings is 2. The number of para-hydroxylation sites is 1. The summed E-state index contributed by atoms with van der Waals surface area (Å²) < 4.78 is 0. The number of rotatable bonds is 3. The molecule has 2 aromatic carbocycles. The van der Waals surface area contributed by atoms with E-state index in [2.05, 4.69) is 22.4 Å². The van der Waals surface area contributed by atoms with Crippen LogP contribution in [-0.4, -0.2) is 10.9 Å². The molecule has 0 saturated heterocycles. The predicted molar refractivity (Wildman–Crippen MR) is 91.3 cm³/mol. The second-order valence-corrected chi connectivity index (χ2v) is 5.88. The molecule has 3 heteroatoms. The zero-order valence-electron chi connectivity index (χ0n) is 13.2. The van der Waals surface area contributed by atoms with Gasteiger partial charge in [0.1, 0.15) is 0 Å². The summed E-state index contributed by atoms with van der Waals surface area (Å²) in [5.41, 5.74) is 6.36. The smallest absolute Gasteiger partial charge is 0.228 e. The Bertz CT molecular complexity index is 826. The molecule has 0 radical (unpaired) electrons. The number of hydrogen-bond donors (Lipinski definition) is 2. The summed E-state index contributed by atoms with van der Waals surface area (Å²) in [6.07, 6.45) is 0.378. The number of carbonyl (C=O) groups excluding carboxylic acids is 1. The Morgan fingerprint density at radius 1 is 1.05 bits per heavy atom. The van der Waals surface area contributed by atoms with Crippen molar-refractivity contribution < 1.29 is 4.79 Å². The number of anilines is 1. The van der Waals surface area contributed by atoms with Gasteiger partial charge >= 0.3 is 0 Å². The van der Waals surface area contributed by atoms with E-state index in [1.807, 2.05) is 51.1 Å². The van der Waals surface area contributed by atoms with Gasteiger partial charge in [-0.05, 0) is 55.7 Å². The third kappa shape index (κ3) is 2.89. The Morgan fingerprint density at radius 2 is 1.73 bits per heavy atom. The summed E-state index contributed by atoms with van der Waals surface area (Å²) in [5, 5.41) is 4.12. The molecule has 22 heavy (non-hydrogen) atoms. The SMILES string of the molecule is Cc1cc(C)cc(NC(=O)Cc2c(C)[nH]c3ccccc23)c1. The average Bonchev–Trinajstić information content (AvgIpc) is 2.74. The molecule has 3 nitrogen and oxygen atoms in total. The largest absolute Gasteiger partial charge is 0.358 e. The lowest BCUT2D eigenvalue weighted by atomic mass is 10.1. The Morgan fingerprint density at radius 3 is 2.45 bits per heavy atom. The lowest BCUT2D eigenvalue weighted by molar-refractivity contribution is -0.115. The van der Waals surface area contributed by atoms with Gasteiger partial charge in [0, 0.05) is 22.3 Å². The second kappa shape index (κ2) is 5.68. The Hall–Kier alpha value is -2.55. The van der Waals surface area contributed by atoms with E-state index in [1.54, 1.807) is 0 Å². The molecule has 1 aromatic heterocycles. The molecule has 2 N–H and O–H groups in total. The summed E-state index contributed by atoms with van der Waals surface area (Å²) in [4.78, 5) is 15.7. The van der Waals surface area contributed by atoms with Crippen LogP contribution >= 0.6 is 0 Å². The molecule has 0 spiro atoms. The van der Waals surface area contributed by atoms with E-state index in [-0.39, 0.29) is 5.91 Å². The fourth-order valence-electron chi connectivity index (χ4n) is 2.98. The highest BCUT2D eigenvalue weighted by molar-refractivity contribution is 5.96. The van der Waals surface area contributed by atoms with Gasteiger partial charge in [0.2, 0.25) is 5.91 Å². The van der Waals surface area contributed by atoms with Gasteiger partial charge in [0.15, 0.2) is 0 Å². The Labute approximate surface area is 130 Å². The minimum Gasteiger partial charge on any atom is -0.358 e. The standard InChI is InChI=1S/C19H20N2O/c1-12-8-13(2)10-15(9-12)21-19(22)11-17-14(3)20-18-7-5-4-6-16(17)18/h4-10,20H,11H2,1-3H3,(H,21,22). The Balaban J connectivity index is 1.82. The molecule has 0 bridgehead atoms. The van der Waals surface area contributed by atoms with Gasteiger partial charge in [-0.3, -0.25) is 4.79 Å². The average molecular weight is 292 g/mol. The lowest BCUT2D eigenvalue weighted by Gasteiger charge is -2.08. The van der Waals surface area contributed by atoms with Crippen LogP contribution in [-0.2, 0) is 11.2 Å². The monoisotopic (exact) mass is 292 g/mol. The Kier molecular flexibility index (Phi) is 3.72. The van der Waals surface area contributed by atoms with Gasteiger partial charge < -0.3 is 10.3 Å². The maximum Gasteiger partial charge on any atom is 0.228 e. The molecule has 0 unspecified atom stereocenters. The third-order valence-corrected chi connectivity index (χ3v) is 3.87. The molecule has 1 heterocycles. The fourth-order valence-corrected chi connectivity index (χ4v) is 2.98. The molecule has 3 aromatic rings. The zero-order valence-corrected chi connectivity index (χ0v) is 13.2. The van der Waals surface area contributed by atoms with Gasteiger partial charge in [0.25, 0.3) is 0 Å². The van der Waals surface area contributed by atoms with Gasteiger partial charge in [-0.1, -0.05) is 24.3 Å². The first-order valence-corrected chi connectivity index (χ1v) is 7.47. The van der Waals surface area contributed by atoms with Crippen molar-refractivity contribution in [1.29, 1.82) is 0 Å². The van der Waals surface area contributed by atoms with Crippen molar-refractivity contribution in [2.24, 2.45) is 0 Å². The number of aryl methyl sites for hydroxylation is 3. The van der Waals surface area contributed by atoms with E-state index >= 15 is 0 Å². The van der Waals surface area contributed by atoms with Crippen LogP contribution in [0.25, 0.3) is 10.9 Å². The fraction of sp³-hybridized carbons (Fsp3) is 0.211. The molecule has 1 amide bonds. The van der Waals surface area contributed by atoms with Crippen LogP contribution in [0.4, 0.5) is 5.69 Å². The molecular formula is C19H20N2O. The van der Waals surface area contributed by atoms with Gasteiger partial charge in [-0.2, -0.15) is 0 Å². The van der Waals surface area contributed by atoms with Crippen molar-refractivity contribution in [1.82, 2.24) is 4.98 Å². The zero-order chi connectivity index (χ0) is 15.7. The van der Waals surface area contributed by atoms with Crippen LogP contribution in [0.15, 0.2) is 42.5 Å². The molecule has 0 aliphatic heterocycles. The highest BCUT2D eigenvalue weighted by Gasteiger charge is 2.12. The number of aromatic nitrogens is 1. The number of aromatic amines is 1. The van der Waals surface area contributed by atoms with Crippen LogP contribution < -0.4 is 5.32 Å². The quantitative estimate of drug-likeness (QED) is 0.743. The number of H-pyrrole nitrogens is 1. The van der Waals surface area contributed by atoms with Crippen molar-refractivity contribution in [2.75, 3.05) is 5.32 Å². The van der Waals surface area contributed by atoms with Gasteiger partial charge in [-0.15, -0.1) is 0 Å². The number of hydrogen-bond acceptors (Lipinski definition) is 1. The van der Waals surface area contributed by atoms with E-state index in [0.29, 0.717) is 6.42 Å². The van der Waals surface area contributed by atoms with E-state index < -0.39 is 0 Å². The summed E-state index contributed by atoms with van der Waals surface area (Å²) in [6.45, 7) is 6.08. The minimum absolute atomic E-state index is 0.0119. The molecule has 3 rings (SSSR count). The van der Waals surface area contributed by atoms with Crippen molar-refractivity contribution in [2.45, 2.75) is 27.2 Å². The molecular weight excluding hydrogens is 272 g/mol. The number of nitrogens with one attached hydrogen (secondary N) is 2. The van der Waals surface area contributed by atoms with Crippen molar-refractivity contribution in [3.05, 3.63) is 64.8 Å². The molecule has 0 atom stereocenters. The van der Waals surface area contributed by atoms with E-state index in [4.69, 9.17) is 0 Å². The maximum atomic E-state index is 12.4. The normalized spacial score (nSPS) is 10.9. The first kappa shape index (κ1) is 14.4. The number of carbonyl (C=O) groups is 1. The number of fused-ring (bicyclic) bond motifs is 1. The summed E-state index contributed by atoms with van der Waals surface area (Å²) in [5.74, 6) is 0.0119. The van der Waals surface area contributed by atoms with Gasteiger partial charge in [-0.25, -0.2) is 0 Å². The summed E-state index contributed by atoms with van der Waals surface area (Å²) >= 11 is 0. The van der Waals surface area contributed by atoms with Gasteiger partial charge in [0.05, 0.1) is 6.42 Å². The summed E-state index contributed by atoms with van der Waals surface area (Å²) in [6, 6.07) is 14.2. The van der Waals surface area contributed by atoms with Crippen molar-refractivity contribution in [3.63, 3.8) is 0 Å². The van der Waals surface area contributed by atoms with Crippen LogP contribution in [0, 0.1) is 20.8 Å². The van der Waals surface area contributed by atoms with Crippen LogP contribution in [0.5, 0.6) is 0 Å². The highest BCUT2D eigenvalue weighted by atomic mass is 16.1. The van der Waals surface area contributed by atoms with Crippen molar-refractivity contribution in [3.8, 4) is 0 Å². The van der Waals surface area contributed by atoms with Crippen LogP contribution in [0.2, 0.25) is 0 Å². The highest BCUT2D eigenvalue weighted by Crippen LogP contribution is 2.23. The minimum atomic E-state index is 0.0119. The van der Waals surface area contributed by atoms with E-state index in [1.165, 1.54) is 0 Å². The predicted octanol–water partition coefficient (Wildman–Crippen LogP) is 4.27. The van der Waals surface area contributed by atoms with E-state index in [9.17, 15) is 4.79 Å². The summed E-state index contributed by atoms with van der Waals surface area (Å²) in [7, 11) is 0. The van der Waals surface area contributed by atoms with E-state index in [0.717, 1.165) is 39.0 Å². The molecule has 0 saturated carbocycles. The maximum absolute atomic E-state index is 12.4. The first-order valence-electron chi connectivity index (χ1n) is 7.47. The van der Waals surface area contributed by atoms with Crippen LogP contribution in [0.1, 0.15) is 22.4 Å². The number of amides is 1. The third-order valence-electron chi connectivity index (χ3n) is 3.87. The molecule has 112 valence electrons.